The second-order valence-corrected chi connectivity index (χ2v) is 8.80. The molecule has 4 atom stereocenters. The third-order valence-corrected chi connectivity index (χ3v) is 5.78. The lowest BCUT2D eigenvalue weighted by Crippen LogP contribution is -2.44. The third-order valence-electron chi connectivity index (χ3n) is 5.53. The predicted molar refractivity (Wildman–Crippen MR) is 97.1 cm³/mol. The Balaban J connectivity index is 1.54. The fourth-order valence-corrected chi connectivity index (χ4v) is 4.69. The molecule has 0 unspecified atom stereocenters. The highest BCUT2D eigenvalue weighted by molar-refractivity contribution is 6.30. The maximum atomic E-state index is 12.1. The lowest BCUT2D eigenvalue weighted by atomic mass is 9.79. The average molecular weight is 352 g/mol. The van der Waals surface area contributed by atoms with Crippen molar-refractivity contribution >= 4 is 23.4 Å². The largest absolute Gasteiger partial charge is 0.449 e. The highest BCUT2D eigenvalue weighted by atomic mass is 35.5. The van der Waals surface area contributed by atoms with Crippen LogP contribution >= 0.6 is 11.6 Å². The van der Waals surface area contributed by atoms with Crippen LogP contribution in [0, 0.1) is 23.7 Å². The number of quaternary nitrogens is 1. The van der Waals surface area contributed by atoms with E-state index in [4.69, 9.17) is 16.3 Å². The molecular weight excluding hydrogens is 324 g/mol. The Morgan fingerprint density at radius 2 is 1.79 bits per heavy atom. The molecule has 1 aromatic carbocycles. The van der Waals surface area contributed by atoms with Gasteiger partial charge in [0, 0.05) is 22.5 Å². The van der Waals surface area contributed by atoms with Gasteiger partial charge in [0.25, 0.3) is 0 Å². The minimum Gasteiger partial charge on any atom is -0.449 e. The summed E-state index contributed by atoms with van der Waals surface area (Å²) in [4.78, 5) is 12.1. The van der Waals surface area contributed by atoms with Crippen molar-refractivity contribution in [3.8, 4) is 0 Å². The van der Waals surface area contributed by atoms with Crippen molar-refractivity contribution < 1.29 is 14.0 Å². The normalized spacial score (nSPS) is 28.8. The number of fused-ring (bicyclic) bond motifs is 2. The summed E-state index contributed by atoms with van der Waals surface area (Å²) >= 11 is 5.85. The van der Waals surface area contributed by atoms with Crippen LogP contribution in [0.3, 0.4) is 0 Å². The molecule has 2 saturated carbocycles. The molecule has 1 amide bonds. The fraction of sp³-hybridized carbons (Fsp3) is 0.632. The molecule has 0 aromatic heterocycles. The number of ether oxygens (including phenoxy) is 1. The van der Waals surface area contributed by atoms with Crippen LogP contribution < -0.4 is 5.32 Å². The van der Waals surface area contributed by atoms with Crippen molar-refractivity contribution in [3.05, 3.63) is 29.3 Å². The number of hydrogen-bond acceptors (Lipinski definition) is 2. The smallest absolute Gasteiger partial charge is 0.411 e. The van der Waals surface area contributed by atoms with Crippen LogP contribution in [0.25, 0.3) is 0 Å². The number of nitrogens with zero attached hydrogens (tertiary/aromatic N) is 1. The summed E-state index contributed by atoms with van der Waals surface area (Å²) in [5.74, 6) is 2.74. The van der Waals surface area contributed by atoms with E-state index in [1.165, 1.54) is 19.3 Å². The van der Waals surface area contributed by atoms with E-state index in [1.807, 2.05) is 0 Å². The number of halogens is 1. The van der Waals surface area contributed by atoms with Crippen LogP contribution in [-0.2, 0) is 4.74 Å². The van der Waals surface area contributed by atoms with E-state index < -0.39 is 0 Å². The van der Waals surface area contributed by atoms with Crippen LogP contribution in [0.15, 0.2) is 24.3 Å². The Morgan fingerprint density at radius 1 is 1.17 bits per heavy atom. The Hall–Kier alpha value is -1.26. The lowest BCUT2D eigenvalue weighted by molar-refractivity contribution is -0.874. The molecule has 0 radical (unpaired) electrons. The Labute approximate surface area is 149 Å². The van der Waals surface area contributed by atoms with Gasteiger partial charge >= 0.3 is 6.09 Å². The summed E-state index contributed by atoms with van der Waals surface area (Å²) < 4.78 is 6.54. The van der Waals surface area contributed by atoms with Gasteiger partial charge in [0.15, 0.2) is 0 Å². The molecule has 24 heavy (non-hydrogen) atoms. The molecule has 0 heterocycles. The predicted octanol–water partition coefficient (Wildman–Crippen LogP) is 4.26. The Bertz CT molecular complexity index is 582. The Kier molecular flexibility index (Phi) is 5.07. The number of anilines is 1. The molecule has 4 nitrogen and oxygen atoms in total. The molecule has 2 fully saturated rings. The highest BCUT2D eigenvalue weighted by Gasteiger charge is 2.49. The van der Waals surface area contributed by atoms with Gasteiger partial charge in [-0.25, -0.2) is 4.79 Å². The molecule has 0 aliphatic heterocycles. The van der Waals surface area contributed by atoms with Gasteiger partial charge in [0.1, 0.15) is 0 Å². The van der Waals surface area contributed by atoms with E-state index in [2.05, 4.69) is 26.5 Å². The van der Waals surface area contributed by atoms with Crippen molar-refractivity contribution in [2.24, 2.45) is 23.7 Å². The molecule has 5 heteroatoms. The fourth-order valence-electron chi connectivity index (χ4n) is 4.57. The zero-order valence-corrected chi connectivity index (χ0v) is 15.6. The molecule has 2 aliphatic rings. The molecule has 1 aromatic rings. The topological polar surface area (TPSA) is 38.3 Å². The van der Waals surface area contributed by atoms with Crippen LogP contribution in [0.4, 0.5) is 10.5 Å². The third kappa shape index (κ3) is 4.22. The summed E-state index contributed by atoms with van der Waals surface area (Å²) in [6.45, 7) is 1.69. The molecular formula is C19H28ClN2O2+. The molecule has 3 rings (SSSR count). The zero-order valence-electron chi connectivity index (χ0n) is 14.8. The van der Waals surface area contributed by atoms with Gasteiger partial charge in [-0.05, 0) is 55.4 Å². The van der Waals surface area contributed by atoms with E-state index >= 15 is 0 Å². The standard InChI is InChI=1S/C19H27ClN2O2/c1-22(2,3)11-17-13-4-5-14(10-13)18(17)12-24-19(23)21-16-8-6-15(20)7-9-16/h6-9,13-14,17-18H,4-5,10-12H2,1-3H3/p+1/t13-,14-,17-,18+/m0/s1. The minimum atomic E-state index is -0.371. The van der Waals surface area contributed by atoms with Crippen molar-refractivity contribution in [2.45, 2.75) is 19.3 Å². The van der Waals surface area contributed by atoms with Crippen LogP contribution in [0.5, 0.6) is 0 Å². The minimum absolute atomic E-state index is 0.371. The molecule has 2 bridgehead atoms. The van der Waals surface area contributed by atoms with E-state index in [0.717, 1.165) is 22.9 Å². The highest BCUT2D eigenvalue weighted by Crippen LogP contribution is 2.52. The molecule has 132 valence electrons. The summed E-state index contributed by atoms with van der Waals surface area (Å²) in [6.07, 6.45) is 3.59. The SMILES string of the molecule is C[N+](C)(C)C[C@H]1[C@H]2CC[C@@H](C2)[C@H]1COC(=O)Nc1ccc(Cl)cc1. The molecule has 0 spiro atoms. The first-order valence-electron chi connectivity index (χ1n) is 8.81. The second kappa shape index (κ2) is 6.93. The van der Waals surface area contributed by atoms with E-state index in [-0.39, 0.29) is 6.09 Å². The monoisotopic (exact) mass is 351 g/mol. The zero-order chi connectivity index (χ0) is 17.3. The summed E-state index contributed by atoms with van der Waals surface area (Å²) in [6, 6.07) is 7.07. The Morgan fingerprint density at radius 3 is 2.42 bits per heavy atom. The first kappa shape index (κ1) is 17.6. The number of nitrogens with one attached hydrogen (secondary N) is 1. The number of hydrogen-bond donors (Lipinski definition) is 1. The van der Waals surface area contributed by atoms with E-state index in [9.17, 15) is 4.79 Å². The lowest BCUT2D eigenvalue weighted by Gasteiger charge is -2.36. The molecule has 1 N–H and O–H groups in total. The van der Waals surface area contributed by atoms with Gasteiger partial charge in [-0.1, -0.05) is 11.6 Å². The maximum Gasteiger partial charge on any atom is 0.411 e. The molecule has 0 saturated heterocycles. The van der Waals surface area contributed by atoms with Crippen molar-refractivity contribution in [3.63, 3.8) is 0 Å². The number of carbonyl (C=O) groups excluding carboxylic acids is 1. The van der Waals surface area contributed by atoms with Crippen LogP contribution in [-0.4, -0.2) is 44.9 Å². The maximum absolute atomic E-state index is 12.1. The van der Waals surface area contributed by atoms with Crippen molar-refractivity contribution in [2.75, 3.05) is 39.6 Å². The van der Waals surface area contributed by atoms with Gasteiger partial charge in [-0.3, -0.25) is 5.32 Å². The first-order chi connectivity index (χ1) is 11.3. The number of carbonyl (C=O) groups is 1. The van der Waals surface area contributed by atoms with Gasteiger partial charge in [-0.2, -0.15) is 0 Å². The van der Waals surface area contributed by atoms with Gasteiger partial charge in [-0.15, -0.1) is 0 Å². The first-order valence-corrected chi connectivity index (χ1v) is 9.19. The van der Waals surface area contributed by atoms with Gasteiger partial charge < -0.3 is 9.22 Å². The second-order valence-electron chi connectivity index (χ2n) is 8.36. The van der Waals surface area contributed by atoms with E-state index in [1.54, 1.807) is 24.3 Å². The average Bonchev–Trinajstić information content (AvgIpc) is 3.08. The summed E-state index contributed by atoms with van der Waals surface area (Å²) in [7, 11) is 6.74. The number of benzene rings is 1. The van der Waals surface area contributed by atoms with Gasteiger partial charge in [0.2, 0.25) is 0 Å². The van der Waals surface area contributed by atoms with Crippen molar-refractivity contribution in [1.82, 2.24) is 0 Å². The van der Waals surface area contributed by atoms with Crippen molar-refractivity contribution in [1.29, 1.82) is 0 Å². The number of amides is 1. The quantitative estimate of drug-likeness (QED) is 0.805. The summed E-state index contributed by atoms with van der Waals surface area (Å²) in [5, 5.41) is 3.43. The van der Waals surface area contributed by atoms with Gasteiger partial charge in [0.05, 0.1) is 34.3 Å². The molecule has 2 aliphatic carbocycles. The van der Waals surface area contributed by atoms with Crippen LogP contribution in [0.1, 0.15) is 19.3 Å². The summed E-state index contributed by atoms with van der Waals surface area (Å²) in [5.41, 5.74) is 0.709. The van der Waals surface area contributed by atoms with E-state index in [0.29, 0.717) is 29.2 Å². The van der Waals surface area contributed by atoms with Crippen LogP contribution in [0.2, 0.25) is 5.02 Å². The number of rotatable bonds is 5.